The zero-order valence-electron chi connectivity index (χ0n) is 9.42. The van der Waals surface area contributed by atoms with E-state index in [-0.39, 0.29) is 17.9 Å². The maximum absolute atomic E-state index is 11.7. The zero-order valence-corrected chi connectivity index (χ0v) is 10.2. The predicted octanol–water partition coefficient (Wildman–Crippen LogP) is 0.732. The number of hydrogen-bond donors (Lipinski definition) is 1. The molecule has 1 saturated heterocycles. The molecule has 1 aliphatic carbocycles. The van der Waals surface area contributed by atoms with Gasteiger partial charge in [-0.1, -0.05) is 6.42 Å². The van der Waals surface area contributed by atoms with E-state index in [0.29, 0.717) is 24.3 Å². The molecule has 1 saturated carbocycles. The van der Waals surface area contributed by atoms with Gasteiger partial charge in [0.2, 0.25) is 11.8 Å². The van der Waals surface area contributed by atoms with E-state index in [2.05, 4.69) is 0 Å². The fourth-order valence-electron chi connectivity index (χ4n) is 2.53. The Bertz CT molecular complexity index is 341. The third kappa shape index (κ3) is 2.62. The molecular formula is C11H15NO4S. The minimum Gasteiger partial charge on any atom is -0.481 e. The summed E-state index contributed by atoms with van der Waals surface area (Å²) in [5.74, 6) is -0.894. The number of carbonyl (C=O) groups is 3. The molecule has 2 amide bonds. The van der Waals surface area contributed by atoms with Crippen LogP contribution in [0.3, 0.4) is 0 Å². The summed E-state index contributed by atoms with van der Waals surface area (Å²) >= 11 is 1.33. The van der Waals surface area contributed by atoms with E-state index < -0.39 is 11.9 Å². The quantitative estimate of drug-likeness (QED) is 0.738. The van der Waals surface area contributed by atoms with Crippen LogP contribution in [-0.2, 0) is 14.4 Å². The molecule has 2 fully saturated rings. The predicted molar refractivity (Wildman–Crippen MR) is 62.6 cm³/mol. The molecule has 0 aromatic carbocycles. The van der Waals surface area contributed by atoms with Crippen molar-refractivity contribution in [2.45, 2.75) is 31.7 Å². The van der Waals surface area contributed by atoms with E-state index in [1.54, 1.807) is 0 Å². The number of thioether (sulfide) groups is 1. The highest BCUT2D eigenvalue weighted by molar-refractivity contribution is 8.00. The van der Waals surface area contributed by atoms with Gasteiger partial charge in [-0.25, -0.2) is 0 Å². The summed E-state index contributed by atoms with van der Waals surface area (Å²) < 4.78 is 0. The highest BCUT2D eigenvalue weighted by atomic mass is 32.2. The Labute approximate surface area is 104 Å². The normalized spacial score (nSPS) is 30.5. The third-order valence-corrected chi connectivity index (χ3v) is 4.25. The van der Waals surface area contributed by atoms with Crippen molar-refractivity contribution in [3.05, 3.63) is 0 Å². The fourth-order valence-corrected chi connectivity index (χ4v) is 3.26. The highest BCUT2D eigenvalue weighted by Gasteiger charge is 2.37. The maximum atomic E-state index is 11.7. The molecule has 1 N–H and O–H groups in total. The number of imide groups is 1. The van der Waals surface area contributed by atoms with Crippen LogP contribution < -0.4 is 0 Å². The Hall–Kier alpha value is -1.04. The number of carbonyl (C=O) groups excluding carboxylic acids is 2. The lowest BCUT2D eigenvalue weighted by atomic mass is 9.85. The van der Waals surface area contributed by atoms with Crippen LogP contribution in [0.5, 0.6) is 0 Å². The molecule has 0 bridgehead atoms. The summed E-state index contributed by atoms with van der Waals surface area (Å²) in [4.78, 5) is 35.7. The second kappa shape index (κ2) is 5.08. The SMILES string of the molecule is O=C(O)C1CCCC(N2C(=O)CSCC2=O)C1. The Morgan fingerprint density at radius 1 is 1.24 bits per heavy atom. The summed E-state index contributed by atoms with van der Waals surface area (Å²) in [6.07, 6.45) is 2.58. The van der Waals surface area contributed by atoms with Gasteiger partial charge in [-0.3, -0.25) is 19.3 Å². The van der Waals surface area contributed by atoms with Gasteiger partial charge < -0.3 is 5.11 Å². The molecule has 0 aromatic heterocycles. The first-order valence-electron chi connectivity index (χ1n) is 5.75. The molecule has 94 valence electrons. The number of hydrogen-bond acceptors (Lipinski definition) is 4. The van der Waals surface area contributed by atoms with Crippen LogP contribution >= 0.6 is 11.8 Å². The fraction of sp³-hybridized carbons (Fsp3) is 0.727. The van der Waals surface area contributed by atoms with Crippen LogP contribution in [0.2, 0.25) is 0 Å². The number of nitrogens with zero attached hydrogens (tertiary/aromatic N) is 1. The van der Waals surface area contributed by atoms with Crippen molar-refractivity contribution in [1.29, 1.82) is 0 Å². The zero-order chi connectivity index (χ0) is 12.4. The van der Waals surface area contributed by atoms with E-state index in [4.69, 9.17) is 5.11 Å². The van der Waals surface area contributed by atoms with Crippen LogP contribution in [-0.4, -0.2) is 45.3 Å². The van der Waals surface area contributed by atoms with Gasteiger partial charge in [-0.2, -0.15) is 0 Å². The Morgan fingerprint density at radius 3 is 2.47 bits per heavy atom. The molecule has 2 unspecified atom stereocenters. The minimum atomic E-state index is -0.819. The lowest BCUT2D eigenvalue weighted by Crippen LogP contribution is -2.51. The standard InChI is InChI=1S/C11H15NO4S/c13-9-5-17-6-10(14)12(9)8-3-1-2-7(4-8)11(15)16/h7-8H,1-6H2,(H,15,16). The van der Waals surface area contributed by atoms with E-state index in [1.807, 2.05) is 0 Å². The van der Waals surface area contributed by atoms with Gasteiger partial charge in [0.05, 0.1) is 17.4 Å². The van der Waals surface area contributed by atoms with E-state index in [1.165, 1.54) is 16.7 Å². The Balaban J connectivity index is 2.07. The van der Waals surface area contributed by atoms with E-state index in [9.17, 15) is 14.4 Å². The number of rotatable bonds is 2. The Morgan fingerprint density at radius 2 is 1.88 bits per heavy atom. The second-order valence-corrected chi connectivity index (χ2v) is 5.49. The largest absolute Gasteiger partial charge is 0.481 e. The lowest BCUT2D eigenvalue weighted by molar-refractivity contribution is -0.150. The van der Waals surface area contributed by atoms with Crippen molar-refractivity contribution in [3.63, 3.8) is 0 Å². The summed E-state index contributed by atoms with van der Waals surface area (Å²) in [5, 5.41) is 8.99. The van der Waals surface area contributed by atoms with Gasteiger partial charge in [0.15, 0.2) is 0 Å². The number of aliphatic carboxylic acids is 1. The van der Waals surface area contributed by atoms with Crippen LogP contribution in [0.4, 0.5) is 0 Å². The Kier molecular flexibility index (Phi) is 3.71. The van der Waals surface area contributed by atoms with Crippen LogP contribution in [0, 0.1) is 5.92 Å². The van der Waals surface area contributed by atoms with Crippen LogP contribution in [0.15, 0.2) is 0 Å². The molecule has 0 aromatic rings. The van der Waals surface area contributed by atoms with Gasteiger partial charge in [0.25, 0.3) is 0 Å². The van der Waals surface area contributed by atoms with Crippen LogP contribution in [0.1, 0.15) is 25.7 Å². The van der Waals surface area contributed by atoms with Crippen molar-refractivity contribution >= 4 is 29.5 Å². The molecule has 2 aliphatic rings. The first-order valence-corrected chi connectivity index (χ1v) is 6.90. The second-order valence-electron chi connectivity index (χ2n) is 4.51. The van der Waals surface area contributed by atoms with Crippen LogP contribution in [0.25, 0.3) is 0 Å². The van der Waals surface area contributed by atoms with Gasteiger partial charge in [-0.15, -0.1) is 11.8 Å². The van der Waals surface area contributed by atoms with Gasteiger partial charge in [0.1, 0.15) is 0 Å². The van der Waals surface area contributed by atoms with Gasteiger partial charge >= 0.3 is 5.97 Å². The summed E-state index contributed by atoms with van der Waals surface area (Å²) in [6, 6.07) is -0.203. The van der Waals surface area contributed by atoms with Crippen molar-refractivity contribution in [2.75, 3.05) is 11.5 Å². The molecule has 6 heteroatoms. The van der Waals surface area contributed by atoms with Gasteiger partial charge in [-0.05, 0) is 19.3 Å². The molecule has 2 rings (SSSR count). The number of amides is 2. The first-order chi connectivity index (χ1) is 8.09. The smallest absolute Gasteiger partial charge is 0.306 e. The highest BCUT2D eigenvalue weighted by Crippen LogP contribution is 2.30. The average Bonchev–Trinajstić information content (AvgIpc) is 2.29. The first kappa shape index (κ1) is 12.4. The molecule has 2 atom stereocenters. The molecular weight excluding hydrogens is 242 g/mol. The van der Waals surface area contributed by atoms with Crippen molar-refractivity contribution in [2.24, 2.45) is 5.92 Å². The summed E-state index contributed by atoms with van der Waals surface area (Å²) in [5.41, 5.74) is 0. The third-order valence-electron chi connectivity index (χ3n) is 3.35. The minimum absolute atomic E-state index is 0.165. The number of carboxylic acid groups (broad SMARTS) is 1. The number of carboxylic acids is 1. The van der Waals surface area contributed by atoms with E-state index in [0.717, 1.165) is 12.8 Å². The van der Waals surface area contributed by atoms with Crippen molar-refractivity contribution in [1.82, 2.24) is 4.90 Å². The molecule has 5 nitrogen and oxygen atoms in total. The average molecular weight is 257 g/mol. The molecule has 1 heterocycles. The van der Waals surface area contributed by atoms with Crippen molar-refractivity contribution < 1.29 is 19.5 Å². The summed E-state index contributed by atoms with van der Waals surface area (Å²) in [7, 11) is 0. The molecule has 0 radical (unpaired) electrons. The molecule has 17 heavy (non-hydrogen) atoms. The molecule has 0 spiro atoms. The molecule has 1 aliphatic heterocycles. The van der Waals surface area contributed by atoms with E-state index >= 15 is 0 Å². The maximum Gasteiger partial charge on any atom is 0.306 e. The lowest BCUT2D eigenvalue weighted by Gasteiger charge is -2.36. The summed E-state index contributed by atoms with van der Waals surface area (Å²) in [6.45, 7) is 0. The van der Waals surface area contributed by atoms with Crippen molar-refractivity contribution in [3.8, 4) is 0 Å². The van der Waals surface area contributed by atoms with Gasteiger partial charge in [0, 0.05) is 6.04 Å². The topological polar surface area (TPSA) is 74.7 Å². The monoisotopic (exact) mass is 257 g/mol.